The summed E-state index contributed by atoms with van der Waals surface area (Å²) in [6.07, 6.45) is -4.45. The lowest BCUT2D eigenvalue weighted by Crippen LogP contribution is -2.04. The van der Waals surface area contributed by atoms with E-state index in [1.165, 1.54) is 12.1 Å². The van der Waals surface area contributed by atoms with Crippen LogP contribution in [0.3, 0.4) is 0 Å². The van der Waals surface area contributed by atoms with Gasteiger partial charge in [0.05, 0.1) is 10.4 Å². The molecule has 0 radical (unpaired) electrons. The number of aromatic nitrogens is 2. The predicted molar refractivity (Wildman–Crippen MR) is 112 cm³/mol. The molecule has 0 fully saturated rings. The third kappa shape index (κ3) is 3.37. The second-order valence-electron chi connectivity index (χ2n) is 6.70. The monoisotopic (exact) mass is 422 g/mol. The highest BCUT2D eigenvalue weighted by Crippen LogP contribution is 2.38. The minimum absolute atomic E-state index is 0.0532. The molecule has 7 heteroatoms. The van der Waals surface area contributed by atoms with E-state index in [9.17, 15) is 13.2 Å². The van der Waals surface area contributed by atoms with Gasteiger partial charge in [-0.3, -0.25) is 0 Å². The molecule has 5 aromatic rings. The van der Waals surface area contributed by atoms with Crippen LogP contribution in [-0.2, 0) is 6.18 Å². The molecule has 3 aromatic carbocycles. The number of nitrogens with zero attached hydrogens (tertiary/aromatic N) is 2. The van der Waals surface area contributed by atoms with Crippen LogP contribution < -0.4 is 4.74 Å². The maximum absolute atomic E-state index is 13.1. The topological polar surface area (TPSA) is 35.0 Å². The molecular formula is C23H13F3N2OS. The van der Waals surface area contributed by atoms with Gasteiger partial charge in [0.15, 0.2) is 0 Å². The number of hydrogen-bond donors (Lipinski definition) is 0. The second kappa shape index (κ2) is 7.11. The number of halogens is 3. The van der Waals surface area contributed by atoms with Crippen LogP contribution in [0.15, 0.2) is 78.2 Å². The van der Waals surface area contributed by atoms with Gasteiger partial charge in [0, 0.05) is 10.8 Å². The minimum atomic E-state index is -4.45. The summed E-state index contributed by atoms with van der Waals surface area (Å²) in [4.78, 5) is 0.952. The molecule has 0 aliphatic carbocycles. The van der Waals surface area contributed by atoms with Gasteiger partial charge in [-0.25, -0.2) is 0 Å². The Bertz CT molecular complexity index is 1360. The Hall–Kier alpha value is -3.45. The molecule has 148 valence electrons. The molecule has 2 heterocycles. The first-order valence-electron chi connectivity index (χ1n) is 9.07. The van der Waals surface area contributed by atoms with Crippen LogP contribution in [-0.4, -0.2) is 10.2 Å². The zero-order valence-corrected chi connectivity index (χ0v) is 16.2. The zero-order chi connectivity index (χ0) is 20.7. The summed E-state index contributed by atoms with van der Waals surface area (Å²) in [5, 5.41) is 14.0. The summed E-state index contributed by atoms with van der Waals surface area (Å²) >= 11 is 1.54. The van der Waals surface area contributed by atoms with Gasteiger partial charge < -0.3 is 4.74 Å². The maximum Gasteiger partial charge on any atom is 0.416 e. The first-order valence-corrected chi connectivity index (χ1v) is 9.95. The van der Waals surface area contributed by atoms with Crippen molar-refractivity contribution in [3.8, 4) is 22.2 Å². The van der Waals surface area contributed by atoms with Gasteiger partial charge in [0.25, 0.3) is 0 Å². The lowest BCUT2D eigenvalue weighted by atomic mass is 10.0. The molecule has 0 saturated carbocycles. The van der Waals surface area contributed by atoms with E-state index in [0.717, 1.165) is 33.2 Å². The number of alkyl halides is 3. The Labute approximate surface area is 173 Å². The van der Waals surface area contributed by atoms with Crippen LogP contribution in [0, 0.1) is 0 Å². The quantitative estimate of drug-likeness (QED) is 0.286. The van der Waals surface area contributed by atoms with Crippen LogP contribution in [0.25, 0.3) is 32.1 Å². The van der Waals surface area contributed by atoms with E-state index in [2.05, 4.69) is 10.2 Å². The largest absolute Gasteiger partial charge is 0.437 e. The summed E-state index contributed by atoms with van der Waals surface area (Å²) in [7, 11) is 0. The van der Waals surface area contributed by atoms with Crippen LogP contribution >= 0.6 is 11.3 Å². The normalized spacial score (nSPS) is 11.8. The van der Waals surface area contributed by atoms with Crippen molar-refractivity contribution in [2.24, 2.45) is 0 Å². The Balaban J connectivity index is 1.69. The summed E-state index contributed by atoms with van der Waals surface area (Å²) in [6.45, 7) is 0. The number of benzene rings is 3. The van der Waals surface area contributed by atoms with Gasteiger partial charge in [0.2, 0.25) is 5.88 Å². The van der Waals surface area contributed by atoms with E-state index in [4.69, 9.17) is 4.74 Å². The highest BCUT2D eigenvalue weighted by atomic mass is 32.1. The molecule has 0 N–H and O–H groups in total. The van der Waals surface area contributed by atoms with Gasteiger partial charge >= 0.3 is 6.18 Å². The van der Waals surface area contributed by atoms with Gasteiger partial charge in [-0.2, -0.15) is 13.2 Å². The SMILES string of the molecule is FC(F)(F)c1cccc(Oc2nnc(-c3cccs3)c3cc4ccccc4cc23)c1. The first-order chi connectivity index (χ1) is 14.5. The highest BCUT2D eigenvalue weighted by molar-refractivity contribution is 7.13. The number of thiophene rings is 1. The summed E-state index contributed by atoms with van der Waals surface area (Å²) in [6, 6.07) is 20.4. The fraction of sp³-hybridized carbons (Fsp3) is 0.0435. The third-order valence-electron chi connectivity index (χ3n) is 4.74. The molecule has 0 aliphatic heterocycles. The minimum Gasteiger partial charge on any atom is -0.437 e. The van der Waals surface area contributed by atoms with Gasteiger partial charge in [-0.1, -0.05) is 36.4 Å². The Kier molecular flexibility index (Phi) is 4.40. The zero-order valence-electron chi connectivity index (χ0n) is 15.4. The number of rotatable bonds is 3. The summed E-state index contributed by atoms with van der Waals surface area (Å²) in [5.41, 5.74) is -0.0694. The molecule has 0 unspecified atom stereocenters. The summed E-state index contributed by atoms with van der Waals surface area (Å²) in [5.74, 6) is 0.216. The lowest BCUT2D eigenvalue weighted by molar-refractivity contribution is -0.137. The van der Waals surface area contributed by atoms with Crippen LogP contribution in [0.5, 0.6) is 11.6 Å². The van der Waals surface area contributed by atoms with Crippen molar-refractivity contribution in [2.75, 3.05) is 0 Å². The molecule has 3 nitrogen and oxygen atoms in total. The molecule has 0 amide bonds. The van der Waals surface area contributed by atoms with Crippen molar-refractivity contribution in [1.29, 1.82) is 0 Å². The molecule has 0 aliphatic rings. The van der Waals surface area contributed by atoms with E-state index in [1.54, 1.807) is 11.3 Å². The molecule has 5 rings (SSSR count). The van der Waals surface area contributed by atoms with Crippen LogP contribution in [0.4, 0.5) is 13.2 Å². The van der Waals surface area contributed by atoms with Crippen molar-refractivity contribution < 1.29 is 17.9 Å². The molecular weight excluding hydrogens is 409 g/mol. The molecule has 30 heavy (non-hydrogen) atoms. The van der Waals surface area contributed by atoms with Crippen molar-refractivity contribution >= 4 is 32.9 Å². The van der Waals surface area contributed by atoms with Crippen molar-refractivity contribution in [1.82, 2.24) is 10.2 Å². The third-order valence-corrected chi connectivity index (χ3v) is 5.62. The second-order valence-corrected chi connectivity index (χ2v) is 7.65. The molecule has 0 saturated heterocycles. The van der Waals surface area contributed by atoms with Crippen molar-refractivity contribution in [3.05, 3.63) is 83.7 Å². The predicted octanol–water partition coefficient (Wildman–Crippen LogP) is 7.32. The maximum atomic E-state index is 13.1. The fourth-order valence-electron chi connectivity index (χ4n) is 3.33. The molecule has 0 atom stereocenters. The standard InChI is InChI=1S/C23H13F3N2OS/c24-23(25,26)16-7-3-8-17(13-16)29-22-19-12-15-6-2-1-5-14(15)11-18(19)21(27-28-22)20-9-4-10-30-20/h1-13H. The molecule has 0 spiro atoms. The first kappa shape index (κ1) is 18.6. The Morgan fingerprint density at radius 3 is 2.23 bits per heavy atom. The fourth-order valence-corrected chi connectivity index (χ4v) is 4.06. The van der Waals surface area contributed by atoms with E-state index in [-0.39, 0.29) is 11.6 Å². The van der Waals surface area contributed by atoms with E-state index < -0.39 is 11.7 Å². The van der Waals surface area contributed by atoms with Crippen LogP contribution in [0.1, 0.15) is 5.56 Å². The van der Waals surface area contributed by atoms with E-state index in [1.807, 2.05) is 53.9 Å². The molecule has 2 aromatic heterocycles. The number of ether oxygens (including phenoxy) is 1. The average molecular weight is 422 g/mol. The van der Waals surface area contributed by atoms with Crippen LogP contribution in [0.2, 0.25) is 0 Å². The van der Waals surface area contributed by atoms with Gasteiger partial charge in [-0.15, -0.1) is 21.5 Å². The number of hydrogen-bond acceptors (Lipinski definition) is 4. The Morgan fingerprint density at radius 1 is 0.767 bits per heavy atom. The average Bonchev–Trinajstić information content (AvgIpc) is 3.27. The van der Waals surface area contributed by atoms with E-state index >= 15 is 0 Å². The van der Waals surface area contributed by atoms with Gasteiger partial charge in [0.1, 0.15) is 11.4 Å². The van der Waals surface area contributed by atoms with Gasteiger partial charge in [-0.05, 0) is 52.6 Å². The van der Waals surface area contributed by atoms with Crippen molar-refractivity contribution in [2.45, 2.75) is 6.18 Å². The molecule has 0 bridgehead atoms. The summed E-state index contributed by atoms with van der Waals surface area (Å²) < 4.78 is 45.0. The number of fused-ring (bicyclic) bond motifs is 2. The lowest BCUT2D eigenvalue weighted by Gasteiger charge is -2.12. The Morgan fingerprint density at radius 2 is 1.53 bits per heavy atom. The van der Waals surface area contributed by atoms with Crippen molar-refractivity contribution in [3.63, 3.8) is 0 Å². The highest BCUT2D eigenvalue weighted by Gasteiger charge is 2.30. The smallest absolute Gasteiger partial charge is 0.416 e. The van der Waals surface area contributed by atoms with E-state index in [0.29, 0.717) is 11.1 Å².